The zero-order chi connectivity index (χ0) is 9.26. The smallest absolute Gasteiger partial charge is 0.0149 e. The van der Waals surface area contributed by atoms with E-state index in [1.807, 2.05) is 0 Å². The topological polar surface area (TPSA) is 38.0 Å². The Labute approximate surface area is 88.8 Å². The maximum absolute atomic E-state index is 5.63. The van der Waals surface area contributed by atoms with Crippen molar-refractivity contribution >= 4 is 15.9 Å². The molecule has 13 heavy (non-hydrogen) atoms. The number of rotatable bonds is 2. The standard InChI is InChI=1S/C10H19BrN2/c11-8-1-2-10-9(5-8)7(3-4-12)6-13-10/h7-10,13H,1-6,12H2. The molecule has 76 valence electrons. The number of nitrogens with two attached hydrogens (primary N) is 1. The quantitative estimate of drug-likeness (QED) is 0.725. The SMILES string of the molecule is NCCC1CNC2CCC(Br)CC12. The monoisotopic (exact) mass is 246 g/mol. The third-order valence-electron chi connectivity index (χ3n) is 3.62. The highest BCUT2D eigenvalue weighted by atomic mass is 79.9. The van der Waals surface area contributed by atoms with Crippen LogP contribution in [0.5, 0.6) is 0 Å². The minimum absolute atomic E-state index is 0.758. The lowest BCUT2D eigenvalue weighted by molar-refractivity contribution is 0.275. The summed E-state index contributed by atoms with van der Waals surface area (Å²) in [5, 5.41) is 3.64. The minimum atomic E-state index is 0.758. The van der Waals surface area contributed by atoms with Gasteiger partial charge in [0.25, 0.3) is 0 Å². The lowest BCUT2D eigenvalue weighted by Crippen LogP contribution is -2.34. The Balaban J connectivity index is 1.94. The van der Waals surface area contributed by atoms with E-state index in [-0.39, 0.29) is 0 Å². The first-order valence-electron chi connectivity index (χ1n) is 5.38. The highest BCUT2D eigenvalue weighted by molar-refractivity contribution is 9.09. The van der Waals surface area contributed by atoms with Crippen LogP contribution in [-0.2, 0) is 0 Å². The molecule has 1 aliphatic carbocycles. The van der Waals surface area contributed by atoms with E-state index in [2.05, 4.69) is 21.2 Å². The van der Waals surface area contributed by atoms with Crippen LogP contribution in [0.2, 0.25) is 0 Å². The molecule has 1 heterocycles. The van der Waals surface area contributed by atoms with E-state index < -0.39 is 0 Å². The Morgan fingerprint density at radius 3 is 3.00 bits per heavy atom. The summed E-state index contributed by atoms with van der Waals surface area (Å²) in [5.74, 6) is 1.73. The van der Waals surface area contributed by atoms with E-state index in [9.17, 15) is 0 Å². The van der Waals surface area contributed by atoms with Crippen LogP contribution < -0.4 is 11.1 Å². The molecule has 1 saturated heterocycles. The molecule has 0 amide bonds. The third-order valence-corrected chi connectivity index (χ3v) is 4.45. The molecule has 0 radical (unpaired) electrons. The van der Waals surface area contributed by atoms with Crippen LogP contribution in [0.3, 0.4) is 0 Å². The molecule has 0 aromatic heterocycles. The summed E-state index contributed by atoms with van der Waals surface area (Å²) in [4.78, 5) is 0.758. The summed E-state index contributed by atoms with van der Waals surface area (Å²) in [6.45, 7) is 2.05. The van der Waals surface area contributed by atoms with Crippen molar-refractivity contribution < 1.29 is 0 Å². The fourth-order valence-electron chi connectivity index (χ4n) is 2.91. The number of alkyl halides is 1. The van der Waals surface area contributed by atoms with Crippen LogP contribution >= 0.6 is 15.9 Å². The largest absolute Gasteiger partial charge is 0.330 e. The van der Waals surface area contributed by atoms with E-state index >= 15 is 0 Å². The summed E-state index contributed by atoms with van der Waals surface area (Å²) in [6, 6.07) is 0.797. The molecule has 4 unspecified atom stereocenters. The Hall–Kier alpha value is 0.400. The molecular formula is C10H19BrN2. The van der Waals surface area contributed by atoms with E-state index in [4.69, 9.17) is 5.73 Å². The Bertz CT molecular complexity index is 174. The number of hydrogen-bond acceptors (Lipinski definition) is 2. The summed E-state index contributed by atoms with van der Waals surface area (Å²) in [5.41, 5.74) is 5.63. The number of fused-ring (bicyclic) bond motifs is 1. The van der Waals surface area contributed by atoms with Gasteiger partial charge in [-0.1, -0.05) is 15.9 Å². The highest BCUT2D eigenvalue weighted by Gasteiger charge is 2.38. The fraction of sp³-hybridized carbons (Fsp3) is 1.00. The molecule has 1 saturated carbocycles. The fourth-order valence-corrected chi connectivity index (χ4v) is 3.61. The molecule has 3 N–H and O–H groups in total. The van der Waals surface area contributed by atoms with Crippen molar-refractivity contribution in [3.63, 3.8) is 0 Å². The van der Waals surface area contributed by atoms with Crippen LogP contribution in [-0.4, -0.2) is 24.0 Å². The van der Waals surface area contributed by atoms with Gasteiger partial charge in [0.05, 0.1) is 0 Å². The maximum Gasteiger partial charge on any atom is 0.0149 e. The van der Waals surface area contributed by atoms with Gasteiger partial charge in [-0.3, -0.25) is 0 Å². The molecule has 1 aliphatic heterocycles. The van der Waals surface area contributed by atoms with Crippen molar-refractivity contribution in [1.82, 2.24) is 5.32 Å². The van der Waals surface area contributed by atoms with E-state index in [0.717, 1.165) is 29.2 Å². The summed E-state index contributed by atoms with van der Waals surface area (Å²) < 4.78 is 0. The summed E-state index contributed by atoms with van der Waals surface area (Å²) in [7, 11) is 0. The second-order valence-electron chi connectivity index (χ2n) is 4.43. The average molecular weight is 247 g/mol. The second-order valence-corrected chi connectivity index (χ2v) is 5.72. The Morgan fingerprint density at radius 2 is 2.23 bits per heavy atom. The molecule has 2 fully saturated rings. The van der Waals surface area contributed by atoms with Crippen LogP contribution in [0, 0.1) is 11.8 Å². The maximum atomic E-state index is 5.63. The van der Waals surface area contributed by atoms with Gasteiger partial charge in [0.2, 0.25) is 0 Å². The van der Waals surface area contributed by atoms with Gasteiger partial charge in [-0.05, 0) is 50.6 Å². The first-order chi connectivity index (χ1) is 6.31. The zero-order valence-electron chi connectivity index (χ0n) is 8.01. The molecule has 0 bridgehead atoms. The number of hydrogen-bond donors (Lipinski definition) is 2. The summed E-state index contributed by atoms with van der Waals surface area (Å²) >= 11 is 3.74. The molecule has 4 atom stereocenters. The Morgan fingerprint density at radius 1 is 1.38 bits per heavy atom. The molecule has 0 spiro atoms. The average Bonchev–Trinajstić information content (AvgIpc) is 2.49. The second kappa shape index (κ2) is 4.28. The lowest BCUT2D eigenvalue weighted by atomic mass is 9.79. The van der Waals surface area contributed by atoms with E-state index in [1.54, 1.807) is 0 Å². The normalized spacial score (nSPS) is 44.8. The van der Waals surface area contributed by atoms with Crippen LogP contribution in [0.1, 0.15) is 25.7 Å². The first-order valence-corrected chi connectivity index (χ1v) is 6.30. The van der Waals surface area contributed by atoms with Gasteiger partial charge in [0, 0.05) is 10.9 Å². The summed E-state index contributed by atoms with van der Waals surface area (Å²) in [6.07, 6.45) is 5.24. The lowest BCUT2D eigenvalue weighted by Gasteiger charge is -2.31. The van der Waals surface area contributed by atoms with Gasteiger partial charge in [-0.2, -0.15) is 0 Å². The molecule has 2 nitrogen and oxygen atoms in total. The van der Waals surface area contributed by atoms with Crippen LogP contribution in [0.4, 0.5) is 0 Å². The van der Waals surface area contributed by atoms with E-state index in [0.29, 0.717) is 0 Å². The van der Waals surface area contributed by atoms with Gasteiger partial charge < -0.3 is 11.1 Å². The van der Waals surface area contributed by atoms with Crippen molar-refractivity contribution in [2.24, 2.45) is 17.6 Å². The van der Waals surface area contributed by atoms with Crippen molar-refractivity contribution in [2.45, 2.75) is 36.6 Å². The van der Waals surface area contributed by atoms with Gasteiger partial charge in [-0.15, -0.1) is 0 Å². The first kappa shape index (κ1) is 9.94. The van der Waals surface area contributed by atoms with Crippen LogP contribution in [0.25, 0.3) is 0 Å². The predicted octanol–water partition coefficient (Wildman–Crippen LogP) is 1.49. The van der Waals surface area contributed by atoms with Crippen molar-refractivity contribution in [2.75, 3.05) is 13.1 Å². The van der Waals surface area contributed by atoms with Crippen molar-refractivity contribution in [1.29, 1.82) is 0 Å². The van der Waals surface area contributed by atoms with Crippen LogP contribution in [0.15, 0.2) is 0 Å². The van der Waals surface area contributed by atoms with Crippen molar-refractivity contribution in [3.05, 3.63) is 0 Å². The van der Waals surface area contributed by atoms with Gasteiger partial charge in [-0.25, -0.2) is 0 Å². The minimum Gasteiger partial charge on any atom is -0.330 e. The van der Waals surface area contributed by atoms with E-state index in [1.165, 1.54) is 32.2 Å². The van der Waals surface area contributed by atoms with Gasteiger partial charge in [0.15, 0.2) is 0 Å². The molecule has 2 rings (SSSR count). The van der Waals surface area contributed by atoms with Gasteiger partial charge in [0.1, 0.15) is 0 Å². The molecule has 3 heteroatoms. The number of nitrogens with one attached hydrogen (secondary N) is 1. The molecule has 0 aromatic carbocycles. The molecular weight excluding hydrogens is 228 g/mol. The predicted molar refractivity (Wildman–Crippen MR) is 59.0 cm³/mol. The molecule has 0 aromatic rings. The number of halogens is 1. The third kappa shape index (κ3) is 2.08. The zero-order valence-corrected chi connectivity index (χ0v) is 9.59. The highest BCUT2D eigenvalue weighted by Crippen LogP contribution is 2.38. The molecule has 2 aliphatic rings. The van der Waals surface area contributed by atoms with Crippen molar-refractivity contribution in [3.8, 4) is 0 Å². The Kier molecular flexibility index (Phi) is 3.27. The van der Waals surface area contributed by atoms with Gasteiger partial charge >= 0.3 is 0 Å².